The number of benzene rings is 1. The van der Waals surface area contributed by atoms with Crippen LogP contribution in [0, 0.1) is 6.92 Å². The zero-order valence-electron chi connectivity index (χ0n) is 18.6. The fourth-order valence-electron chi connectivity index (χ4n) is 3.94. The smallest absolute Gasteiger partial charge is 0.273 e. The van der Waals surface area contributed by atoms with E-state index in [1.54, 1.807) is 17.2 Å². The Morgan fingerprint density at radius 1 is 1.15 bits per heavy atom. The highest BCUT2D eigenvalue weighted by Crippen LogP contribution is 2.32. The van der Waals surface area contributed by atoms with Gasteiger partial charge in [-0.05, 0) is 30.7 Å². The molecule has 1 aliphatic heterocycles. The lowest BCUT2D eigenvalue weighted by Gasteiger charge is -2.42. The van der Waals surface area contributed by atoms with E-state index < -0.39 is 6.04 Å². The molecular weight excluding hydrogens is 422 g/mol. The number of nitrogens with two attached hydrogens (primary N) is 1. The highest BCUT2D eigenvalue weighted by Gasteiger charge is 2.32. The third-order valence-electron chi connectivity index (χ3n) is 5.64. The number of aryl methyl sites for hydroxylation is 1. The lowest BCUT2D eigenvalue weighted by molar-refractivity contribution is 0.0559. The van der Waals surface area contributed by atoms with Crippen molar-refractivity contribution in [2.24, 2.45) is 0 Å². The molecule has 1 aliphatic rings. The first-order valence-electron chi connectivity index (χ1n) is 10.7. The molecule has 0 saturated carbocycles. The molecule has 1 atom stereocenters. The van der Waals surface area contributed by atoms with Gasteiger partial charge < -0.3 is 30.1 Å². The van der Waals surface area contributed by atoms with Gasteiger partial charge in [0.25, 0.3) is 5.91 Å². The van der Waals surface area contributed by atoms with E-state index in [0.29, 0.717) is 42.7 Å². The minimum absolute atomic E-state index is 0.171. The Bertz CT molecular complexity index is 1130. The van der Waals surface area contributed by atoms with Crippen LogP contribution in [0.5, 0.6) is 17.2 Å². The lowest BCUT2D eigenvalue weighted by atomic mass is 10.1. The van der Waals surface area contributed by atoms with Crippen molar-refractivity contribution in [2.75, 3.05) is 44.0 Å². The Kier molecular flexibility index (Phi) is 6.60. The third kappa shape index (κ3) is 4.83. The minimum Gasteiger partial charge on any atom is -0.493 e. The number of rotatable bonds is 6. The van der Waals surface area contributed by atoms with Crippen molar-refractivity contribution in [1.29, 1.82) is 0 Å². The second-order valence-electron chi connectivity index (χ2n) is 7.81. The van der Waals surface area contributed by atoms with Crippen molar-refractivity contribution >= 4 is 17.4 Å². The molecule has 3 heterocycles. The maximum absolute atomic E-state index is 13.3. The maximum Gasteiger partial charge on any atom is 0.273 e. The fourth-order valence-corrected chi connectivity index (χ4v) is 3.94. The first kappa shape index (κ1) is 22.3. The summed E-state index contributed by atoms with van der Waals surface area (Å²) in [5.74, 6) is 1.64. The average molecular weight is 450 g/mol. The fraction of sp³-hybridized carbons (Fsp3) is 0.292. The second kappa shape index (κ2) is 9.74. The van der Waals surface area contributed by atoms with Crippen LogP contribution in [-0.4, -0.2) is 65.3 Å². The molecule has 4 rings (SSSR count). The molecule has 0 spiro atoms. The molecule has 0 aliphatic carbocycles. The topological polar surface area (TPSA) is 114 Å². The summed E-state index contributed by atoms with van der Waals surface area (Å²) < 4.78 is 11.3. The van der Waals surface area contributed by atoms with Crippen LogP contribution in [0.4, 0.5) is 11.5 Å². The molecule has 3 N–H and O–H groups in total. The Labute approximate surface area is 192 Å². The highest BCUT2D eigenvalue weighted by atomic mass is 16.5. The van der Waals surface area contributed by atoms with E-state index in [1.165, 1.54) is 13.3 Å². The zero-order valence-corrected chi connectivity index (χ0v) is 18.6. The standard InChI is InChI=1S/C24H27N5O4/c1-16-10-23(25)27-12-20(16)28-8-9-29(17(14-28)15-30)24(31)19-11-21(32-2)22(13-26-19)33-18-6-4-3-5-7-18/h3-7,10-13,17,30H,8-9,14-15H2,1-2H3,(H2,25,27)/t17-/m1/s1. The molecule has 0 bridgehead atoms. The Hall–Kier alpha value is -3.85. The molecule has 1 saturated heterocycles. The first-order chi connectivity index (χ1) is 16.0. The summed E-state index contributed by atoms with van der Waals surface area (Å²) in [7, 11) is 1.51. The van der Waals surface area contributed by atoms with Gasteiger partial charge >= 0.3 is 0 Å². The number of aromatic nitrogens is 2. The minimum atomic E-state index is -0.392. The number of anilines is 2. The van der Waals surface area contributed by atoms with E-state index in [0.717, 1.165) is 11.3 Å². The predicted molar refractivity (Wildman–Crippen MR) is 125 cm³/mol. The molecule has 0 unspecified atom stereocenters. The summed E-state index contributed by atoms with van der Waals surface area (Å²) in [5.41, 5.74) is 7.93. The quantitative estimate of drug-likeness (QED) is 0.590. The van der Waals surface area contributed by atoms with E-state index in [9.17, 15) is 9.90 Å². The summed E-state index contributed by atoms with van der Waals surface area (Å²) in [6, 6.07) is 12.3. The number of methoxy groups -OCH3 is 1. The number of carbonyl (C=O) groups excluding carboxylic acids is 1. The monoisotopic (exact) mass is 449 g/mol. The van der Waals surface area contributed by atoms with Gasteiger partial charge in [0.1, 0.15) is 17.3 Å². The van der Waals surface area contributed by atoms with Gasteiger partial charge in [-0.25, -0.2) is 9.97 Å². The van der Waals surface area contributed by atoms with E-state index in [1.807, 2.05) is 43.3 Å². The van der Waals surface area contributed by atoms with Crippen LogP contribution in [0.1, 0.15) is 16.1 Å². The SMILES string of the molecule is COc1cc(C(=O)N2CCN(c3cnc(N)cc3C)C[C@@H]2CO)ncc1Oc1ccccc1. The lowest BCUT2D eigenvalue weighted by Crippen LogP contribution is -2.57. The molecule has 1 aromatic carbocycles. The molecular formula is C24H27N5O4. The van der Waals surface area contributed by atoms with Crippen LogP contribution in [0.3, 0.4) is 0 Å². The predicted octanol–water partition coefficient (Wildman–Crippen LogP) is 2.49. The van der Waals surface area contributed by atoms with Gasteiger partial charge in [-0.3, -0.25) is 4.79 Å². The zero-order chi connectivity index (χ0) is 23.4. The third-order valence-corrected chi connectivity index (χ3v) is 5.64. The number of carbonyl (C=O) groups is 1. The van der Waals surface area contributed by atoms with Gasteiger partial charge in [0.05, 0.1) is 37.8 Å². The largest absolute Gasteiger partial charge is 0.493 e. The van der Waals surface area contributed by atoms with Crippen molar-refractivity contribution in [3.8, 4) is 17.2 Å². The second-order valence-corrected chi connectivity index (χ2v) is 7.81. The molecule has 9 heteroatoms. The number of aliphatic hydroxyl groups is 1. The van der Waals surface area contributed by atoms with Gasteiger partial charge in [0.15, 0.2) is 11.5 Å². The first-order valence-corrected chi connectivity index (χ1v) is 10.7. The van der Waals surface area contributed by atoms with E-state index >= 15 is 0 Å². The molecule has 1 fully saturated rings. The number of ether oxygens (including phenoxy) is 2. The molecule has 172 valence electrons. The number of piperazine rings is 1. The molecule has 9 nitrogen and oxygen atoms in total. The Balaban J connectivity index is 1.51. The van der Waals surface area contributed by atoms with Crippen LogP contribution in [0.15, 0.2) is 54.9 Å². The van der Waals surface area contributed by atoms with Crippen molar-refractivity contribution < 1.29 is 19.4 Å². The van der Waals surface area contributed by atoms with Gasteiger partial charge in [0, 0.05) is 25.7 Å². The average Bonchev–Trinajstić information content (AvgIpc) is 2.84. The summed E-state index contributed by atoms with van der Waals surface area (Å²) in [4.78, 5) is 25.5. The van der Waals surface area contributed by atoms with Gasteiger partial charge in [-0.1, -0.05) is 18.2 Å². The summed E-state index contributed by atoms with van der Waals surface area (Å²) >= 11 is 0. The molecule has 1 amide bonds. The van der Waals surface area contributed by atoms with Crippen LogP contribution >= 0.6 is 0 Å². The van der Waals surface area contributed by atoms with Gasteiger partial charge in [-0.2, -0.15) is 0 Å². The maximum atomic E-state index is 13.3. The summed E-state index contributed by atoms with van der Waals surface area (Å²) in [6.07, 6.45) is 3.21. The number of aliphatic hydroxyl groups excluding tert-OH is 1. The van der Waals surface area contributed by atoms with Crippen molar-refractivity contribution in [3.05, 3.63) is 66.1 Å². The Morgan fingerprint density at radius 3 is 2.64 bits per heavy atom. The molecule has 33 heavy (non-hydrogen) atoms. The van der Waals surface area contributed by atoms with Crippen LogP contribution in [0.2, 0.25) is 0 Å². The van der Waals surface area contributed by atoms with E-state index in [2.05, 4.69) is 14.9 Å². The van der Waals surface area contributed by atoms with E-state index in [4.69, 9.17) is 15.2 Å². The summed E-state index contributed by atoms with van der Waals surface area (Å²) in [5, 5.41) is 10.0. The van der Waals surface area contributed by atoms with Gasteiger partial charge in [0.2, 0.25) is 0 Å². The summed E-state index contributed by atoms with van der Waals surface area (Å²) in [6.45, 7) is 3.30. The number of hydrogen-bond donors (Lipinski definition) is 2. The normalized spacial score (nSPS) is 15.9. The number of nitrogen functional groups attached to an aromatic ring is 1. The molecule has 3 aromatic rings. The van der Waals surface area contributed by atoms with Crippen LogP contribution < -0.4 is 20.1 Å². The van der Waals surface area contributed by atoms with E-state index in [-0.39, 0.29) is 18.2 Å². The van der Waals surface area contributed by atoms with Crippen molar-refractivity contribution in [1.82, 2.24) is 14.9 Å². The van der Waals surface area contributed by atoms with Crippen LogP contribution in [0.25, 0.3) is 0 Å². The highest BCUT2D eigenvalue weighted by molar-refractivity contribution is 5.93. The number of pyridine rings is 2. The number of amides is 1. The molecule has 2 aromatic heterocycles. The van der Waals surface area contributed by atoms with Crippen LogP contribution in [-0.2, 0) is 0 Å². The number of hydrogen-bond acceptors (Lipinski definition) is 8. The van der Waals surface area contributed by atoms with Crippen molar-refractivity contribution in [3.63, 3.8) is 0 Å². The number of para-hydroxylation sites is 1. The number of nitrogens with zero attached hydrogens (tertiary/aromatic N) is 4. The molecule has 0 radical (unpaired) electrons. The van der Waals surface area contributed by atoms with Crippen molar-refractivity contribution in [2.45, 2.75) is 13.0 Å². The van der Waals surface area contributed by atoms with Gasteiger partial charge in [-0.15, -0.1) is 0 Å². The Morgan fingerprint density at radius 2 is 1.94 bits per heavy atom.